The van der Waals surface area contributed by atoms with Crippen LogP contribution in [0.3, 0.4) is 0 Å². The van der Waals surface area contributed by atoms with Crippen LogP contribution in [0.1, 0.15) is 303 Å². The van der Waals surface area contributed by atoms with Crippen LogP contribution in [-0.4, -0.2) is 57.5 Å². The van der Waals surface area contributed by atoms with E-state index in [-0.39, 0.29) is 5.97 Å². The molecular formula is C57H113BrO5. The maximum atomic E-state index is 12.8. The van der Waals surface area contributed by atoms with Crippen molar-refractivity contribution in [1.82, 2.24) is 0 Å². The third-order valence-electron chi connectivity index (χ3n) is 13.2. The van der Waals surface area contributed by atoms with Crippen LogP contribution in [0, 0.1) is 5.41 Å². The third kappa shape index (κ3) is 49.6. The predicted octanol–water partition coefficient (Wildman–Crippen LogP) is 19.2. The van der Waals surface area contributed by atoms with E-state index < -0.39 is 5.41 Å². The molecule has 0 saturated heterocycles. The summed E-state index contributed by atoms with van der Waals surface area (Å²) >= 11 is 3.47. The zero-order valence-electron chi connectivity index (χ0n) is 43.2. The minimum atomic E-state index is -0.480. The molecule has 0 heterocycles. The van der Waals surface area contributed by atoms with Crippen molar-refractivity contribution in [3.8, 4) is 0 Å². The third-order valence-corrected chi connectivity index (χ3v) is 13.8. The quantitative estimate of drug-likeness (QED) is 0.0345. The molecule has 0 radical (unpaired) electrons. The van der Waals surface area contributed by atoms with E-state index in [4.69, 9.17) is 18.9 Å². The van der Waals surface area contributed by atoms with Gasteiger partial charge in [-0.1, -0.05) is 287 Å². The van der Waals surface area contributed by atoms with Crippen LogP contribution >= 0.6 is 15.9 Å². The van der Waals surface area contributed by atoms with Crippen molar-refractivity contribution >= 4 is 21.9 Å². The molecule has 63 heavy (non-hydrogen) atoms. The summed E-state index contributed by atoms with van der Waals surface area (Å²) in [7, 11) is 0. The van der Waals surface area contributed by atoms with E-state index in [1.807, 2.05) is 0 Å². The van der Waals surface area contributed by atoms with Gasteiger partial charge in [0.05, 0.1) is 25.2 Å². The summed E-state index contributed by atoms with van der Waals surface area (Å²) in [4.78, 5) is 12.8. The highest BCUT2D eigenvalue weighted by molar-refractivity contribution is 9.09. The Labute approximate surface area is 404 Å². The van der Waals surface area contributed by atoms with Crippen LogP contribution in [0.4, 0.5) is 0 Å². The summed E-state index contributed by atoms with van der Waals surface area (Å²) in [5.74, 6) is -0.134. The molecule has 0 saturated carbocycles. The smallest absolute Gasteiger partial charge is 0.305 e. The Morgan fingerprint density at radius 1 is 0.317 bits per heavy atom. The fourth-order valence-electron chi connectivity index (χ4n) is 8.83. The van der Waals surface area contributed by atoms with Crippen LogP contribution in [0.5, 0.6) is 0 Å². The molecule has 0 spiro atoms. The molecule has 0 rings (SSSR count). The van der Waals surface area contributed by atoms with Gasteiger partial charge < -0.3 is 18.9 Å². The molecule has 0 aromatic rings. The molecule has 0 aliphatic carbocycles. The lowest BCUT2D eigenvalue weighted by Gasteiger charge is -2.33. The van der Waals surface area contributed by atoms with E-state index in [0.717, 1.165) is 50.8 Å². The molecule has 0 atom stereocenters. The van der Waals surface area contributed by atoms with E-state index >= 15 is 0 Å². The van der Waals surface area contributed by atoms with E-state index in [1.54, 1.807) is 0 Å². The summed E-state index contributed by atoms with van der Waals surface area (Å²) in [5, 5.41) is 0.806. The molecule has 5 nitrogen and oxygen atoms in total. The summed E-state index contributed by atoms with van der Waals surface area (Å²) < 4.78 is 25.2. The molecule has 0 N–H and O–H groups in total. The van der Waals surface area contributed by atoms with Crippen LogP contribution in [0.15, 0.2) is 0 Å². The fraction of sp³-hybridized carbons (Fsp3) is 0.982. The number of halogens is 1. The lowest BCUT2D eigenvalue weighted by molar-refractivity contribution is -0.156. The topological polar surface area (TPSA) is 54.0 Å². The zero-order chi connectivity index (χ0) is 45.7. The summed E-state index contributed by atoms with van der Waals surface area (Å²) in [5.41, 5.74) is -0.480. The molecular weight excluding hydrogens is 845 g/mol. The first kappa shape index (κ1) is 62.8. The molecule has 6 heteroatoms. The standard InChI is InChI=1S/C57H113BrO5/c1-4-7-10-13-16-19-22-25-28-31-34-37-40-43-49-60-52-57(55-63-56(59)47-46-48-58,53-61-50-44-41-38-35-32-29-26-23-20-17-14-11-8-5-2)54-62-51-45-42-39-36-33-30-27-24-21-18-15-12-9-6-3/h4-55H2,1-3H3. The maximum absolute atomic E-state index is 12.8. The second kappa shape index (κ2) is 54.4. The monoisotopic (exact) mass is 957 g/mol. The van der Waals surface area contributed by atoms with Crippen LogP contribution in [0.25, 0.3) is 0 Å². The molecule has 0 aromatic heterocycles. The molecule has 0 unspecified atom stereocenters. The predicted molar refractivity (Wildman–Crippen MR) is 280 cm³/mol. The van der Waals surface area contributed by atoms with Crippen molar-refractivity contribution in [1.29, 1.82) is 0 Å². The molecule has 0 aromatic carbocycles. The maximum Gasteiger partial charge on any atom is 0.305 e. The van der Waals surface area contributed by atoms with Gasteiger partial charge in [-0.05, 0) is 25.7 Å². The molecule has 0 amide bonds. The Morgan fingerprint density at radius 3 is 0.762 bits per heavy atom. The van der Waals surface area contributed by atoms with E-state index in [9.17, 15) is 4.79 Å². The number of rotatable bonds is 56. The normalized spacial score (nSPS) is 11.9. The van der Waals surface area contributed by atoms with Gasteiger partial charge in [0.2, 0.25) is 0 Å². The first-order valence-electron chi connectivity index (χ1n) is 28.6. The van der Waals surface area contributed by atoms with Crippen molar-refractivity contribution in [2.24, 2.45) is 5.41 Å². The number of alkyl halides is 1. The lowest BCUT2D eigenvalue weighted by Crippen LogP contribution is -2.42. The number of esters is 1. The number of hydrogen-bond acceptors (Lipinski definition) is 5. The Morgan fingerprint density at radius 2 is 0.540 bits per heavy atom. The Hall–Kier alpha value is -0.170. The van der Waals surface area contributed by atoms with E-state index in [0.29, 0.717) is 32.8 Å². The second-order valence-corrected chi connectivity index (χ2v) is 20.7. The highest BCUT2D eigenvalue weighted by Gasteiger charge is 2.34. The Kier molecular flexibility index (Phi) is 54.3. The highest BCUT2D eigenvalue weighted by Crippen LogP contribution is 2.23. The number of carbonyl (C=O) groups is 1. The molecule has 0 aliphatic heterocycles. The Balaban J connectivity index is 4.74. The van der Waals surface area contributed by atoms with Crippen molar-refractivity contribution in [3.63, 3.8) is 0 Å². The van der Waals surface area contributed by atoms with E-state index in [2.05, 4.69) is 36.7 Å². The van der Waals surface area contributed by atoms with Gasteiger partial charge in [0.1, 0.15) is 6.61 Å². The average Bonchev–Trinajstić information content (AvgIpc) is 3.29. The SMILES string of the molecule is CCCCCCCCCCCCCCCCOCC(COCCCCCCCCCCCCCCCC)(COCCCCCCCCCCCCCCCC)COC(=O)CCCBr. The molecule has 378 valence electrons. The molecule has 0 aliphatic rings. The van der Waals surface area contributed by atoms with Crippen LogP contribution < -0.4 is 0 Å². The fourth-order valence-corrected chi connectivity index (χ4v) is 9.11. The van der Waals surface area contributed by atoms with Crippen molar-refractivity contribution in [2.45, 2.75) is 303 Å². The van der Waals surface area contributed by atoms with Crippen molar-refractivity contribution in [2.75, 3.05) is 51.6 Å². The molecule has 0 fully saturated rings. The van der Waals surface area contributed by atoms with Gasteiger partial charge >= 0.3 is 5.97 Å². The largest absolute Gasteiger partial charge is 0.465 e. The van der Waals surface area contributed by atoms with E-state index in [1.165, 1.54) is 250 Å². The number of ether oxygens (including phenoxy) is 4. The number of hydrogen-bond donors (Lipinski definition) is 0. The van der Waals surface area contributed by atoms with Crippen molar-refractivity contribution < 1.29 is 23.7 Å². The summed E-state index contributed by atoms with van der Waals surface area (Å²) in [6.45, 7) is 10.9. The van der Waals surface area contributed by atoms with Crippen LogP contribution in [0.2, 0.25) is 0 Å². The van der Waals surface area contributed by atoms with Crippen LogP contribution in [-0.2, 0) is 23.7 Å². The number of carbonyl (C=O) groups excluding carboxylic acids is 1. The second-order valence-electron chi connectivity index (χ2n) is 19.9. The van der Waals surface area contributed by atoms with Gasteiger partial charge in [-0.3, -0.25) is 4.79 Å². The highest BCUT2D eigenvalue weighted by atomic mass is 79.9. The number of unbranched alkanes of at least 4 members (excludes halogenated alkanes) is 39. The van der Waals surface area contributed by atoms with Gasteiger partial charge in [-0.25, -0.2) is 0 Å². The minimum absolute atomic E-state index is 0.134. The van der Waals surface area contributed by atoms with Gasteiger partial charge in [0, 0.05) is 31.6 Å². The summed E-state index contributed by atoms with van der Waals surface area (Å²) in [6.07, 6.45) is 58.1. The average molecular weight is 958 g/mol. The van der Waals surface area contributed by atoms with Gasteiger partial charge in [-0.2, -0.15) is 0 Å². The first-order valence-corrected chi connectivity index (χ1v) is 29.7. The summed E-state index contributed by atoms with van der Waals surface area (Å²) in [6, 6.07) is 0. The van der Waals surface area contributed by atoms with Gasteiger partial charge in [0.15, 0.2) is 0 Å². The van der Waals surface area contributed by atoms with Gasteiger partial charge in [-0.15, -0.1) is 0 Å². The molecule has 0 bridgehead atoms. The Bertz CT molecular complexity index is 766. The minimum Gasteiger partial charge on any atom is -0.465 e. The van der Waals surface area contributed by atoms with Gasteiger partial charge in [0.25, 0.3) is 0 Å². The lowest BCUT2D eigenvalue weighted by atomic mass is 9.92. The zero-order valence-corrected chi connectivity index (χ0v) is 44.8. The first-order chi connectivity index (χ1) is 31.1. The van der Waals surface area contributed by atoms with Crippen molar-refractivity contribution in [3.05, 3.63) is 0 Å².